The molecule has 3 aromatic rings. The molecule has 1 aliphatic heterocycles. The van der Waals surface area contributed by atoms with E-state index in [1.54, 1.807) is 6.07 Å². The Balaban J connectivity index is 1.39. The predicted molar refractivity (Wildman–Crippen MR) is 128 cm³/mol. The van der Waals surface area contributed by atoms with E-state index in [4.69, 9.17) is 11.6 Å². The van der Waals surface area contributed by atoms with Gasteiger partial charge in [0.05, 0.1) is 15.6 Å². The lowest BCUT2D eigenvalue weighted by Gasteiger charge is -2.36. The number of piperazine rings is 1. The molecule has 4 rings (SSSR count). The summed E-state index contributed by atoms with van der Waals surface area (Å²) in [5, 5.41) is 5.42. The Morgan fingerprint density at radius 1 is 0.968 bits per heavy atom. The van der Waals surface area contributed by atoms with E-state index in [1.807, 2.05) is 66.6 Å². The van der Waals surface area contributed by atoms with Crippen LogP contribution in [0.2, 0.25) is 5.02 Å². The first-order valence-electron chi connectivity index (χ1n) is 10.2. The van der Waals surface area contributed by atoms with Crippen molar-refractivity contribution in [1.82, 2.24) is 4.90 Å². The maximum Gasteiger partial charge on any atom is 0.264 e. The number of benzene rings is 2. The van der Waals surface area contributed by atoms with Gasteiger partial charge in [-0.05, 0) is 66.8 Å². The number of carbonyl (C=O) groups excluding carboxylic acids is 2. The first-order chi connectivity index (χ1) is 14.9. The second-order valence-electron chi connectivity index (χ2n) is 7.68. The van der Waals surface area contributed by atoms with Crippen LogP contribution in [0.25, 0.3) is 0 Å². The molecule has 0 aliphatic carbocycles. The van der Waals surface area contributed by atoms with E-state index in [1.165, 1.54) is 11.3 Å². The number of hydrogen-bond acceptors (Lipinski definition) is 4. The normalized spacial score (nSPS) is 13.9. The number of amides is 2. The van der Waals surface area contributed by atoms with Gasteiger partial charge in [0.15, 0.2) is 0 Å². The molecular weight excluding hydrogens is 430 g/mol. The lowest BCUT2D eigenvalue weighted by molar-refractivity contribution is 0.0751. The van der Waals surface area contributed by atoms with Gasteiger partial charge in [-0.25, -0.2) is 0 Å². The first kappa shape index (κ1) is 21.4. The van der Waals surface area contributed by atoms with Crippen LogP contribution in [-0.2, 0) is 0 Å². The van der Waals surface area contributed by atoms with Crippen LogP contribution in [0.5, 0.6) is 0 Å². The Bertz CT molecular complexity index is 1110. The summed E-state index contributed by atoms with van der Waals surface area (Å²) in [6.45, 7) is 6.74. The molecule has 1 aliphatic rings. The average molecular weight is 454 g/mol. The molecule has 2 aromatic carbocycles. The van der Waals surface area contributed by atoms with E-state index in [-0.39, 0.29) is 11.8 Å². The largest absolute Gasteiger partial charge is 0.367 e. The zero-order chi connectivity index (χ0) is 22.0. The second kappa shape index (κ2) is 9.12. The number of nitrogens with one attached hydrogen (secondary N) is 1. The number of rotatable bonds is 4. The molecule has 0 radical (unpaired) electrons. The van der Waals surface area contributed by atoms with Crippen molar-refractivity contribution in [1.29, 1.82) is 0 Å². The van der Waals surface area contributed by atoms with Crippen LogP contribution in [0.3, 0.4) is 0 Å². The van der Waals surface area contributed by atoms with Gasteiger partial charge in [-0.15, -0.1) is 11.3 Å². The number of nitrogens with zero attached hydrogens (tertiary/aromatic N) is 2. The van der Waals surface area contributed by atoms with Gasteiger partial charge < -0.3 is 15.1 Å². The molecular formula is C24H24ClN3O2S. The summed E-state index contributed by atoms with van der Waals surface area (Å²) in [6, 6.07) is 15.0. The summed E-state index contributed by atoms with van der Waals surface area (Å²) in [4.78, 5) is 29.9. The quantitative estimate of drug-likeness (QED) is 0.588. The molecule has 31 heavy (non-hydrogen) atoms. The van der Waals surface area contributed by atoms with Crippen molar-refractivity contribution in [2.24, 2.45) is 0 Å². The minimum Gasteiger partial charge on any atom is -0.367 e. The van der Waals surface area contributed by atoms with Gasteiger partial charge in [-0.2, -0.15) is 0 Å². The fraction of sp³-hybridized carbons (Fsp3) is 0.250. The number of halogens is 1. The Morgan fingerprint density at radius 2 is 1.74 bits per heavy atom. The standard InChI is InChI=1S/C24H24ClN3O2S/c1-16-5-6-18(14-17(16)2)23(29)26-19-7-8-21(20(25)15-19)27-9-11-28(12-10-27)24(30)22-4-3-13-31-22/h3-8,13-15H,9-12H2,1-2H3,(H,26,29). The molecule has 1 fully saturated rings. The van der Waals surface area contributed by atoms with E-state index < -0.39 is 0 Å². The molecule has 0 saturated carbocycles. The van der Waals surface area contributed by atoms with Crippen LogP contribution in [0.15, 0.2) is 53.9 Å². The van der Waals surface area contributed by atoms with Crippen molar-refractivity contribution >= 4 is 46.1 Å². The molecule has 1 saturated heterocycles. The Labute approximate surface area is 191 Å². The molecule has 0 atom stereocenters. The van der Waals surface area contributed by atoms with Gasteiger partial charge in [-0.3, -0.25) is 9.59 Å². The summed E-state index contributed by atoms with van der Waals surface area (Å²) in [7, 11) is 0. The van der Waals surface area contributed by atoms with Gasteiger partial charge in [0.2, 0.25) is 0 Å². The van der Waals surface area contributed by atoms with Gasteiger partial charge in [0.1, 0.15) is 0 Å². The summed E-state index contributed by atoms with van der Waals surface area (Å²) in [5.41, 5.74) is 4.42. The molecule has 7 heteroatoms. The lowest BCUT2D eigenvalue weighted by atomic mass is 10.1. The summed E-state index contributed by atoms with van der Waals surface area (Å²) >= 11 is 8.02. The number of hydrogen-bond donors (Lipinski definition) is 1. The topological polar surface area (TPSA) is 52.7 Å². The molecule has 1 N–H and O–H groups in total. The summed E-state index contributed by atoms with van der Waals surface area (Å²) in [5.74, 6) is -0.0715. The number of aryl methyl sites for hydroxylation is 2. The van der Waals surface area contributed by atoms with Gasteiger partial charge in [0, 0.05) is 37.4 Å². The lowest BCUT2D eigenvalue weighted by Crippen LogP contribution is -2.48. The van der Waals surface area contributed by atoms with Gasteiger partial charge in [-0.1, -0.05) is 23.7 Å². The van der Waals surface area contributed by atoms with E-state index in [2.05, 4.69) is 10.2 Å². The molecule has 0 spiro atoms. The average Bonchev–Trinajstić information content (AvgIpc) is 3.30. The first-order valence-corrected chi connectivity index (χ1v) is 11.4. The molecule has 2 heterocycles. The fourth-order valence-electron chi connectivity index (χ4n) is 3.63. The zero-order valence-electron chi connectivity index (χ0n) is 17.5. The predicted octanol–water partition coefficient (Wildman–Crippen LogP) is 5.23. The Hall–Kier alpha value is -2.83. The highest BCUT2D eigenvalue weighted by molar-refractivity contribution is 7.12. The third-order valence-electron chi connectivity index (χ3n) is 5.61. The maximum atomic E-state index is 12.6. The van der Waals surface area contributed by atoms with Crippen molar-refractivity contribution in [3.63, 3.8) is 0 Å². The third-order valence-corrected chi connectivity index (χ3v) is 6.77. The van der Waals surface area contributed by atoms with Crippen LogP contribution in [0.1, 0.15) is 31.2 Å². The maximum absolute atomic E-state index is 12.6. The Morgan fingerprint density at radius 3 is 2.39 bits per heavy atom. The zero-order valence-corrected chi connectivity index (χ0v) is 19.1. The molecule has 5 nitrogen and oxygen atoms in total. The van der Waals surface area contributed by atoms with E-state index in [0.29, 0.717) is 42.5 Å². The molecule has 2 amide bonds. The van der Waals surface area contributed by atoms with E-state index in [0.717, 1.165) is 21.7 Å². The van der Waals surface area contributed by atoms with Crippen molar-refractivity contribution in [2.45, 2.75) is 13.8 Å². The second-order valence-corrected chi connectivity index (χ2v) is 9.03. The van der Waals surface area contributed by atoms with E-state index >= 15 is 0 Å². The molecule has 0 bridgehead atoms. The van der Waals surface area contributed by atoms with Crippen molar-refractivity contribution < 1.29 is 9.59 Å². The number of carbonyl (C=O) groups is 2. The van der Waals surface area contributed by atoms with Crippen molar-refractivity contribution in [3.05, 3.63) is 80.5 Å². The Kier molecular flexibility index (Phi) is 6.30. The van der Waals surface area contributed by atoms with Crippen LogP contribution < -0.4 is 10.2 Å². The van der Waals surface area contributed by atoms with Crippen LogP contribution in [-0.4, -0.2) is 42.9 Å². The molecule has 1 aromatic heterocycles. The third kappa shape index (κ3) is 4.75. The molecule has 160 valence electrons. The van der Waals surface area contributed by atoms with Crippen LogP contribution in [0, 0.1) is 13.8 Å². The van der Waals surface area contributed by atoms with Crippen molar-refractivity contribution in [3.8, 4) is 0 Å². The van der Waals surface area contributed by atoms with E-state index in [9.17, 15) is 9.59 Å². The number of anilines is 2. The SMILES string of the molecule is Cc1ccc(C(=O)Nc2ccc(N3CCN(C(=O)c4cccs4)CC3)c(Cl)c2)cc1C. The monoisotopic (exact) mass is 453 g/mol. The van der Waals surface area contributed by atoms with Crippen LogP contribution in [0.4, 0.5) is 11.4 Å². The van der Waals surface area contributed by atoms with Crippen LogP contribution >= 0.6 is 22.9 Å². The minimum absolute atomic E-state index is 0.0881. The summed E-state index contributed by atoms with van der Waals surface area (Å²) in [6.07, 6.45) is 0. The van der Waals surface area contributed by atoms with Crippen molar-refractivity contribution in [2.75, 3.05) is 36.4 Å². The highest BCUT2D eigenvalue weighted by Crippen LogP contribution is 2.30. The molecule has 0 unspecified atom stereocenters. The number of thiophene rings is 1. The highest BCUT2D eigenvalue weighted by Gasteiger charge is 2.24. The fourth-order valence-corrected chi connectivity index (χ4v) is 4.62. The summed E-state index contributed by atoms with van der Waals surface area (Å²) < 4.78 is 0. The van der Waals surface area contributed by atoms with Gasteiger partial charge in [0.25, 0.3) is 11.8 Å². The van der Waals surface area contributed by atoms with Gasteiger partial charge >= 0.3 is 0 Å². The minimum atomic E-state index is -0.160. The smallest absolute Gasteiger partial charge is 0.264 e. The highest BCUT2D eigenvalue weighted by atomic mass is 35.5.